The molecule has 0 heterocycles. The third kappa shape index (κ3) is 5.74. The number of rotatable bonds is 5. The fraction of sp³-hybridized carbons (Fsp3) is 0.800. The Bertz CT molecular complexity index is 98.9. The predicted molar refractivity (Wildman–Crippen MR) is 40.5 cm³/mol. The van der Waals surface area contributed by atoms with E-state index in [9.17, 15) is 4.79 Å². The molecule has 60 valence electrons. The van der Waals surface area contributed by atoms with Crippen molar-refractivity contribution < 1.29 is 14.0 Å². The summed E-state index contributed by atoms with van der Waals surface area (Å²) in [4.78, 5) is 10.4. The topological polar surface area (TPSA) is 61.6 Å². The Morgan fingerprint density at radius 3 is 2.70 bits per heavy atom. The highest BCUT2D eigenvalue weighted by Gasteiger charge is 1.95. The van der Waals surface area contributed by atoms with Gasteiger partial charge >= 0.3 is 5.97 Å². The Morgan fingerprint density at radius 1 is 1.50 bits per heavy atom. The van der Waals surface area contributed by atoms with Crippen molar-refractivity contribution in [3.8, 4) is 0 Å². The van der Waals surface area contributed by atoms with Gasteiger partial charge in [0, 0.05) is 13.0 Å². The minimum absolute atomic E-state index is 0.0399. The van der Waals surface area contributed by atoms with Crippen LogP contribution in [0, 0.1) is 0 Å². The van der Waals surface area contributed by atoms with E-state index < -0.39 is 0 Å². The molecule has 0 bridgehead atoms. The summed E-state index contributed by atoms with van der Waals surface area (Å²) in [5.41, 5.74) is 4.99. The Labute approximate surface area is 63.2 Å². The third-order valence-corrected chi connectivity index (χ3v) is 1.33. The zero-order valence-corrected chi connectivity index (χ0v) is 8.13. The summed E-state index contributed by atoms with van der Waals surface area (Å²) in [6.45, 7) is 1.05. The number of carbonyl (C=O) groups is 1. The fourth-order valence-electron chi connectivity index (χ4n) is 0.448. The molecular formula is C5H13NO3Si. The zero-order valence-electron chi connectivity index (χ0n) is 6.13. The molecule has 0 aromatic heterocycles. The SMILES string of the molecule is NCC(=O)OCCCO[SiH3]. The van der Waals surface area contributed by atoms with Crippen LogP contribution < -0.4 is 5.73 Å². The highest BCUT2D eigenvalue weighted by Crippen LogP contribution is 1.82. The molecule has 0 aliphatic heterocycles. The molecule has 0 aromatic rings. The molecule has 0 saturated carbocycles. The normalized spacial score (nSPS) is 9.70. The van der Waals surface area contributed by atoms with Crippen LogP contribution in [0.2, 0.25) is 0 Å². The lowest BCUT2D eigenvalue weighted by Crippen LogP contribution is -2.17. The highest BCUT2D eigenvalue weighted by atomic mass is 28.2. The second-order valence-corrected chi connectivity index (χ2v) is 2.35. The summed E-state index contributed by atoms with van der Waals surface area (Å²) in [5.74, 6) is -0.353. The lowest BCUT2D eigenvalue weighted by Gasteiger charge is -2.01. The lowest BCUT2D eigenvalue weighted by molar-refractivity contribution is -0.142. The minimum Gasteiger partial charge on any atom is -0.465 e. The van der Waals surface area contributed by atoms with Crippen LogP contribution in [0.4, 0.5) is 0 Å². The van der Waals surface area contributed by atoms with Crippen LogP contribution in [0.25, 0.3) is 0 Å². The van der Waals surface area contributed by atoms with Crippen LogP contribution in [0.5, 0.6) is 0 Å². The van der Waals surface area contributed by atoms with Gasteiger partial charge in [-0.15, -0.1) is 0 Å². The summed E-state index contributed by atoms with van der Waals surface area (Å²) in [6.07, 6.45) is 0.759. The maximum Gasteiger partial charge on any atom is 0.319 e. The second-order valence-electron chi connectivity index (χ2n) is 1.77. The largest absolute Gasteiger partial charge is 0.465 e. The van der Waals surface area contributed by atoms with E-state index in [1.807, 2.05) is 0 Å². The zero-order chi connectivity index (χ0) is 7.82. The first-order valence-electron chi connectivity index (χ1n) is 3.16. The molecule has 0 amide bonds. The molecule has 0 unspecified atom stereocenters. The van der Waals surface area contributed by atoms with E-state index in [-0.39, 0.29) is 12.5 Å². The molecule has 0 spiro atoms. The van der Waals surface area contributed by atoms with Gasteiger partial charge in [0.2, 0.25) is 0 Å². The van der Waals surface area contributed by atoms with Crippen LogP contribution >= 0.6 is 0 Å². The van der Waals surface area contributed by atoms with Gasteiger partial charge in [-0.1, -0.05) is 0 Å². The van der Waals surface area contributed by atoms with Crippen LogP contribution in [0.3, 0.4) is 0 Å². The molecule has 0 fully saturated rings. The van der Waals surface area contributed by atoms with Crippen LogP contribution in [0.15, 0.2) is 0 Å². The maximum atomic E-state index is 10.4. The van der Waals surface area contributed by atoms with Gasteiger partial charge in [-0.2, -0.15) is 0 Å². The molecule has 5 heteroatoms. The summed E-state index contributed by atoms with van der Waals surface area (Å²) in [7, 11) is 0.738. The molecule has 2 N–H and O–H groups in total. The molecule has 0 aromatic carbocycles. The van der Waals surface area contributed by atoms with Crippen LogP contribution in [-0.2, 0) is 14.0 Å². The third-order valence-electron chi connectivity index (χ3n) is 0.923. The van der Waals surface area contributed by atoms with Crippen LogP contribution in [-0.4, -0.2) is 36.2 Å². The van der Waals surface area contributed by atoms with Crippen LogP contribution in [0.1, 0.15) is 6.42 Å². The van der Waals surface area contributed by atoms with E-state index in [1.165, 1.54) is 0 Å². The van der Waals surface area contributed by atoms with Crippen molar-refractivity contribution in [2.24, 2.45) is 5.73 Å². The average Bonchev–Trinajstić information content (AvgIpc) is 1.98. The number of hydrogen-bond donors (Lipinski definition) is 1. The Balaban J connectivity index is 2.96. The monoisotopic (exact) mass is 163 g/mol. The quantitative estimate of drug-likeness (QED) is 0.294. The first kappa shape index (κ1) is 9.61. The first-order chi connectivity index (χ1) is 4.81. The number of ether oxygens (including phenoxy) is 1. The van der Waals surface area contributed by atoms with E-state index in [1.54, 1.807) is 0 Å². The summed E-state index contributed by atoms with van der Waals surface area (Å²) < 4.78 is 9.54. The smallest absolute Gasteiger partial charge is 0.319 e. The maximum absolute atomic E-state index is 10.4. The van der Waals surface area contributed by atoms with Gasteiger partial charge in [0.1, 0.15) is 10.5 Å². The van der Waals surface area contributed by atoms with Gasteiger partial charge in [-0.3, -0.25) is 4.79 Å². The first-order valence-corrected chi connectivity index (χ1v) is 3.97. The summed E-state index contributed by atoms with van der Waals surface area (Å²) in [5, 5.41) is 0. The van der Waals surface area contributed by atoms with E-state index in [2.05, 4.69) is 4.74 Å². The number of nitrogens with two attached hydrogens (primary N) is 1. The molecule has 4 nitrogen and oxygen atoms in total. The molecule has 0 aliphatic carbocycles. The van der Waals surface area contributed by atoms with E-state index >= 15 is 0 Å². The standard InChI is InChI=1S/C5H13NO3Si/c6-4-5(7)8-2-1-3-9-10/h1-4,6H2,10H3. The van der Waals surface area contributed by atoms with Crippen molar-refractivity contribution in [3.63, 3.8) is 0 Å². The van der Waals surface area contributed by atoms with Gasteiger partial charge in [0.25, 0.3) is 0 Å². The van der Waals surface area contributed by atoms with Crippen molar-refractivity contribution in [1.29, 1.82) is 0 Å². The van der Waals surface area contributed by atoms with Crippen molar-refractivity contribution in [3.05, 3.63) is 0 Å². The molecule has 0 atom stereocenters. The van der Waals surface area contributed by atoms with Crippen molar-refractivity contribution in [2.75, 3.05) is 19.8 Å². The van der Waals surface area contributed by atoms with E-state index in [0.29, 0.717) is 13.2 Å². The number of carbonyl (C=O) groups excluding carboxylic acids is 1. The molecule has 10 heavy (non-hydrogen) atoms. The van der Waals surface area contributed by atoms with Crippen molar-refractivity contribution in [2.45, 2.75) is 6.42 Å². The minimum atomic E-state index is -0.353. The summed E-state index contributed by atoms with van der Waals surface area (Å²) >= 11 is 0. The van der Waals surface area contributed by atoms with Crippen molar-refractivity contribution in [1.82, 2.24) is 0 Å². The predicted octanol–water partition coefficient (Wildman–Crippen LogP) is -1.82. The molecule has 0 aliphatic rings. The summed E-state index contributed by atoms with van der Waals surface area (Å²) in [6, 6.07) is 0. The fourth-order valence-corrected chi connectivity index (χ4v) is 0.737. The Hall–Kier alpha value is -0.393. The average molecular weight is 163 g/mol. The molecule has 0 radical (unpaired) electrons. The van der Waals surface area contributed by atoms with E-state index in [4.69, 9.17) is 10.2 Å². The highest BCUT2D eigenvalue weighted by molar-refractivity contribution is 5.97. The van der Waals surface area contributed by atoms with E-state index in [0.717, 1.165) is 16.9 Å². The molecular weight excluding hydrogens is 150 g/mol. The van der Waals surface area contributed by atoms with Crippen molar-refractivity contribution >= 4 is 16.5 Å². The van der Waals surface area contributed by atoms with Gasteiger partial charge in [-0.25, -0.2) is 0 Å². The second kappa shape index (κ2) is 6.72. The Kier molecular flexibility index (Phi) is 6.46. The molecule has 0 saturated heterocycles. The van der Waals surface area contributed by atoms with Gasteiger partial charge in [-0.05, 0) is 0 Å². The Morgan fingerprint density at radius 2 is 2.20 bits per heavy atom. The molecule has 0 rings (SSSR count). The van der Waals surface area contributed by atoms with Gasteiger partial charge in [0.15, 0.2) is 0 Å². The number of esters is 1. The van der Waals surface area contributed by atoms with Gasteiger partial charge < -0.3 is 14.9 Å². The number of hydrogen-bond acceptors (Lipinski definition) is 4. The van der Waals surface area contributed by atoms with Gasteiger partial charge in [0.05, 0.1) is 13.2 Å². The lowest BCUT2D eigenvalue weighted by atomic mass is 10.5.